The van der Waals surface area contributed by atoms with Gasteiger partial charge in [0.25, 0.3) is 5.91 Å². The van der Waals surface area contributed by atoms with Crippen LogP contribution in [0.25, 0.3) is 0 Å². The summed E-state index contributed by atoms with van der Waals surface area (Å²) in [5.41, 5.74) is 4.70. The van der Waals surface area contributed by atoms with Gasteiger partial charge in [-0.25, -0.2) is 9.59 Å². The number of cyclic esters (lactones) is 2. The third-order valence-corrected chi connectivity index (χ3v) is 0.976. The van der Waals surface area contributed by atoms with Crippen LogP contribution in [0.4, 0.5) is 4.79 Å². The van der Waals surface area contributed by atoms with Gasteiger partial charge in [0.15, 0.2) is 0 Å². The van der Waals surface area contributed by atoms with Crippen molar-refractivity contribution in [2.75, 3.05) is 0 Å². The lowest BCUT2D eigenvalue weighted by molar-refractivity contribution is -0.138. The molecular weight excluding hydrogens is 140 g/mol. The van der Waals surface area contributed by atoms with Crippen molar-refractivity contribution in [1.82, 2.24) is 5.32 Å². The van der Waals surface area contributed by atoms with E-state index in [2.05, 4.69) is 4.74 Å². The molecule has 1 saturated heterocycles. The van der Waals surface area contributed by atoms with E-state index in [-0.39, 0.29) is 0 Å². The molecule has 0 aliphatic carbocycles. The van der Waals surface area contributed by atoms with E-state index in [0.29, 0.717) is 0 Å². The van der Waals surface area contributed by atoms with Crippen LogP contribution in [0.5, 0.6) is 0 Å². The van der Waals surface area contributed by atoms with Crippen molar-refractivity contribution in [3.63, 3.8) is 0 Å². The summed E-state index contributed by atoms with van der Waals surface area (Å²) >= 11 is 0. The van der Waals surface area contributed by atoms with Crippen LogP contribution in [0.1, 0.15) is 0 Å². The quantitative estimate of drug-likeness (QED) is 0.332. The second-order valence-electron chi connectivity index (χ2n) is 1.69. The Morgan fingerprint density at radius 1 is 1.60 bits per heavy atom. The molecule has 0 bridgehead atoms. The summed E-state index contributed by atoms with van der Waals surface area (Å²) in [4.78, 5) is 30.9. The highest BCUT2D eigenvalue weighted by atomic mass is 16.6. The molecule has 1 heterocycles. The van der Waals surface area contributed by atoms with E-state index in [1.165, 1.54) is 0 Å². The largest absolute Gasteiger partial charge is 0.416 e. The summed E-state index contributed by atoms with van der Waals surface area (Å²) in [6.07, 6.45) is -0.936. The minimum absolute atomic E-state index is 0.921. The highest BCUT2D eigenvalue weighted by Gasteiger charge is 2.36. The summed E-state index contributed by atoms with van der Waals surface area (Å²) in [7, 11) is 0. The average Bonchev–Trinajstić information content (AvgIpc) is 2.10. The van der Waals surface area contributed by atoms with E-state index in [9.17, 15) is 14.4 Å². The predicted molar refractivity (Wildman–Crippen MR) is 27.6 cm³/mol. The fraction of sp³-hybridized carbons (Fsp3) is 0.250. The number of primary amides is 1. The molecule has 1 unspecified atom stereocenters. The number of carbonyl (C=O) groups is 3. The first kappa shape index (κ1) is 6.53. The van der Waals surface area contributed by atoms with Gasteiger partial charge in [-0.1, -0.05) is 0 Å². The number of hydrogen-bond acceptors (Lipinski definition) is 4. The molecular formula is C4H4N2O4. The maximum absolute atomic E-state index is 10.4. The Morgan fingerprint density at radius 3 is 2.40 bits per heavy atom. The zero-order valence-electron chi connectivity index (χ0n) is 4.79. The van der Waals surface area contributed by atoms with Crippen LogP contribution in [-0.2, 0) is 14.3 Å². The SMILES string of the molecule is NC(=O)C1NC(=O)OC1=O. The maximum atomic E-state index is 10.4. The molecule has 1 aliphatic rings. The predicted octanol–water partition coefficient (Wildman–Crippen LogP) is -1.89. The molecule has 0 aromatic rings. The second-order valence-corrected chi connectivity index (χ2v) is 1.69. The molecule has 6 nitrogen and oxygen atoms in total. The Labute approximate surface area is 55.3 Å². The monoisotopic (exact) mass is 144 g/mol. The third kappa shape index (κ3) is 0.903. The van der Waals surface area contributed by atoms with E-state index >= 15 is 0 Å². The molecule has 0 spiro atoms. The fourth-order valence-electron chi connectivity index (χ4n) is 0.544. The average molecular weight is 144 g/mol. The first-order valence-electron chi connectivity index (χ1n) is 2.43. The van der Waals surface area contributed by atoms with Gasteiger partial charge in [0.2, 0.25) is 6.04 Å². The minimum atomic E-state index is -1.31. The van der Waals surface area contributed by atoms with E-state index in [1.54, 1.807) is 0 Å². The summed E-state index contributed by atoms with van der Waals surface area (Å²) < 4.78 is 3.95. The zero-order valence-corrected chi connectivity index (χ0v) is 4.79. The summed E-state index contributed by atoms with van der Waals surface area (Å²) in [6.45, 7) is 0. The van der Waals surface area contributed by atoms with Gasteiger partial charge in [0.05, 0.1) is 0 Å². The number of nitrogens with one attached hydrogen (secondary N) is 1. The first-order chi connectivity index (χ1) is 4.61. The molecule has 0 aromatic carbocycles. The molecule has 10 heavy (non-hydrogen) atoms. The molecule has 54 valence electrons. The van der Waals surface area contributed by atoms with Crippen molar-refractivity contribution in [3.05, 3.63) is 0 Å². The number of esters is 1. The third-order valence-electron chi connectivity index (χ3n) is 0.976. The Kier molecular flexibility index (Phi) is 1.29. The lowest BCUT2D eigenvalue weighted by Crippen LogP contribution is -2.41. The number of hydrogen-bond donors (Lipinski definition) is 2. The molecule has 1 fully saturated rings. The standard InChI is InChI=1S/C4H4N2O4/c5-2(7)1-3(8)10-4(9)6-1/h1H,(H2,5,7)(H,6,9). The van der Waals surface area contributed by atoms with E-state index in [1.807, 2.05) is 5.32 Å². The lowest BCUT2D eigenvalue weighted by Gasteiger charge is -1.95. The Bertz CT molecular complexity index is 211. The number of carbonyl (C=O) groups excluding carboxylic acids is 3. The van der Waals surface area contributed by atoms with Crippen LogP contribution < -0.4 is 11.1 Å². The van der Waals surface area contributed by atoms with Crippen LogP contribution in [0, 0.1) is 0 Å². The highest BCUT2D eigenvalue weighted by molar-refractivity contribution is 6.10. The van der Waals surface area contributed by atoms with E-state index < -0.39 is 24.0 Å². The Hall–Kier alpha value is -1.59. The highest BCUT2D eigenvalue weighted by Crippen LogP contribution is 1.97. The summed E-state index contributed by atoms with van der Waals surface area (Å²) in [6, 6.07) is -1.31. The number of amides is 2. The van der Waals surface area contributed by atoms with Gasteiger partial charge in [0.1, 0.15) is 0 Å². The van der Waals surface area contributed by atoms with Crippen LogP contribution in [-0.4, -0.2) is 24.0 Å². The van der Waals surface area contributed by atoms with Crippen molar-refractivity contribution in [2.24, 2.45) is 5.73 Å². The van der Waals surface area contributed by atoms with Gasteiger partial charge in [-0.05, 0) is 0 Å². The number of nitrogens with two attached hydrogens (primary N) is 1. The van der Waals surface area contributed by atoms with Crippen LogP contribution in [0.2, 0.25) is 0 Å². The minimum Gasteiger partial charge on any atom is -0.374 e. The van der Waals surface area contributed by atoms with Gasteiger partial charge in [0, 0.05) is 0 Å². The number of alkyl carbamates (subject to hydrolysis) is 1. The van der Waals surface area contributed by atoms with Crippen molar-refractivity contribution in [1.29, 1.82) is 0 Å². The van der Waals surface area contributed by atoms with Crippen molar-refractivity contribution < 1.29 is 19.1 Å². The first-order valence-corrected chi connectivity index (χ1v) is 2.43. The van der Waals surface area contributed by atoms with Gasteiger partial charge < -0.3 is 10.5 Å². The molecule has 1 rings (SSSR count). The fourth-order valence-corrected chi connectivity index (χ4v) is 0.544. The van der Waals surface area contributed by atoms with Gasteiger partial charge in [-0.3, -0.25) is 10.1 Å². The molecule has 2 amide bonds. The maximum Gasteiger partial charge on any atom is 0.416 e. The molecule has 0 saturated carbocycles. The van der Waals surface area contributed by atoms with Gasteiger partial charge in [-0.15, -0.1) is 0 Å². The molecule has 3 N–H and O–H groups in total. The summed E-state index contributed by atoms with van der Waals surface area (Å²) in [5.74, 6) is -1.87. The van der Waals surface area contributed by atoms with Crippen molar-refractivity contribution >= 4 is 18.0 Å². The Morgan fingerprint density at radius 2 is 2.20 bits per heavy atom. The molecule has 1 aliphatic heterocycles. The van der Waals surface area contributed by atoms with E-state index in [0.717, 1.165) is 0 Å². The number of ether oxygens (including phenoxy) is 1. The molecule has 6 heteroatoms. The van der Waals surface area contributed by atoms with Crippen LogP contribution in [0.15, 0.2) is 0 Å². The molecule has 0 radical (unpaired) electrons. The second kappa shape index (κ2) is 1.98. The Balaban J connectivity index is 2.72. The lowest BCUT2D eigenvalue weighted by atomic mass is 10.3. The molecule has 0 aromatic heterocycles. The van der Waals surface area contributed by atoms with Gasteiger partial charge in [-0.2, -0.15) is 0 Å². The summed E-state index contributed by atoms with van der Waals surface area (Å²) in [5, 5.41) is 1.92. The topological polar surface area (TPSA) is 98.5 Å². The number of rotatable bonds is 1. The smallest absolute Gasteiger partial charge is 0.374 e. The molecule has 1 atom stereocenters. The normalized spacial score (nSPS) is 23.8. The van der Waals surface area contributed by atoms with Crippen LogP contribution >= 0.6 is 0 Å². The van der Waals surface area contributed by atoms with Crippen molar-refractivity contribution in [2.45, 2.75) is 6.04 Å². The van der Waals surface area contributed by atoms with E-state index in [4.69, 9.17) is 5.73 Å². The van der Waals surface area contributed by atoms with Crippen LogP contribution in [0.3, 0.4) is 0 Å². The zero-order chi connectivity index (χ0) is 7.72. The van der Waals surface area contributed by atoms with Crippen molar-refractivity contribution in [3.8, 4) is 0 Å². The van der Waals surface area contributed by atoms with Gasteiger partial charge >= 0.3 is 12.1 Å².